The zero-order chi connectivity index (χ0) is 10.4. The van der Waals surface area contributed by atoms with Gasteiger partial charge in [0.25, 0.3) is 0 Å². The topological polar surface area (TPSA) is 26.3 Å². The number of rotatable bonds is 4. The monoisotopic (exact) mass is 198 g/mol. The van der Waals surface area contributed by atoms with Crippen LogP contribution in [-0.4, -0.2) is 12.1 Å². The number of hydrogen-bond acceptors (Lipinski definition) is 2. The molecule has 0 aromatic heterocycles. The van der Waals surface area contributed by atoms with Gasteiger partial charge in [-0.3, -0.25) is 4.79 Å². The van der Waals surface area contributed by atoms with E-state index in [1.165, 1.54) is 19.3 Å². The molecule has 1 saturated carbocycles. The van der Waals surface area contributed by atoms with Crippen molar-refractivity contribution in [3.8, 4) is 0 Å². The summed E-state index contributed by atoms with van der Waals surface area (Å²) in [5, 5.41) is 0. The van der Waals surface area contributed by atoms with Crippen molar-refractivity contribution in [2.24, 2.45) is 5.92 Å². The van der Waals surface area contributed by atoms with E-state index in [1.807, 2.05) is 0 Å². The minimum absolute atomic E-state index is 0.00519. The van der Waals surface area contributed by atoms with Crippen LogP contribution in [0, 0.1) is 5.92 Å². The van der Waals surface area contributed by atoms with E-state index in [2.05, 4.69) is 13.8 Å². The predicted molar refractivity (Wildman–Crippen MR) is 57.0 cm³/mol. The van der Waals surface area contributed by atoms with Crippen LogP contribution in [0.15, 0.2) is 0 Å². The van der Waals surface area contributed by atoms with Gasteiger partial charge >= 0.3 is 5.97 Å². The van der Waals surface area contributed by atoms with E-state index in [-0.39, 0.29) is 12.1 Å². The highest BCUT2D eigenvalue weighted by molar-refractivity contribution is 5.69. The van der Waals surface area contributed by atoms with Crippen LogP contribution in [0.5, 0.6) is 0 Å². The van der Waals surface area contributed by atoms with Crippen molar-refractivity contribution in [2.75, 3.05) is 0 Å². The Labute approximate surface area is 87.0 Å². The molecule has 1 aliphatic rings. The van der Waals surface area contributed by atoms with E-state index in [4.69, 9.17) is 4.74 Å². The number of carbonyl (C=O) groups is 1. The molecule has 0 spiro atoms. The van der Waals surface area contributed by atoms with E-state index in [0.29, 0.717) is 12.3 Å². The number of ether oxygens (including phenoxy) is 1. The second kappa shape index (κ2) is 6.05. The number of unbranched alkanes of at least 4 members (excludes halogenated alkanes) is 1. The Bertz CT molecular complexity index is 177. The first-order valence-electron chi connectivity index (χ1n) is 5.93. The van der Waals surface area contributed by atoms with Crippen LogP contribution < -0.4 is 0 Å². The second-order valence-electron chi connectivity index (χ2n) is 4.39. The second-order valence-corrected chi connectivity index (χ2v) is 4.39. The smallest absolute Gasteiger partial charge is 0.306 e. The third-order valence-corrected chi connectivity index (χ3v) is 3.05. The van der Waals surface area contributed by atoms with Gasteiger partial charge in [0.05, 0.1) is 0 Å². The van der Waals surface area contributed by atoms with Gasteiger partial charge in [0, 0.05) is 6.42 Å². The first kappa shape index (κ1) is 11.5. The highest BCUT2D eigenvalue weighted by Gasteiger charge is 2.24. The van der Waals surface area contributed by atoms with Crippen molar-refractivity contribution in [1.29, 1.82) is 0 Å². The molecule has 0 saturated heterocycles. The van der Waals surface area contributed by atoms with Gasteiger partial charge in [-0.2, -0.15) is 0 Å². The molecule has 1 aliphatic carbocycles. The number of hydrogen-bond donors (Lipinski definition) is 0. The van der Waals surface area contributed by atoms with Gasteiger partial charge in [-0.05, 0) is 31.6 Å². The van der Waals surface area contributed by atoms with Gasteiger partial charge in [-0.15, -0.1) is 0 Å². The first-order chi connectivity index (χ1) is 6.74. The third kappa shape index (κ3) is 3.69. The van der Waals surface area contributed by atoms with Crippen LogP contribution in [0.3, 0.4) is 0 Å². The molecular weight excluding hydrogens is 176 g/mol. The Morgan fingerprint density at radius 2 is 2.07 bits per heavy atom. The largest absolute Gasteiger partial charge is 0.462 e. The molecule has 0 amide bonds. The van der Waals surface area contributed by atoms with Crippen LogP contribution in [0.25, 0.3) is 0 Å². The summed E-state index contributed by atoms with van der Waals surface area (Å²) in [6.45, 7) is 4.29. The molecule has 0 unspecified atom stereocenters. The standard InChI is InChI=1S/C12H22O2/c1-3-4-9-12(13)14-11-8-6-5-7-10(11)2/h10-11H,3-9H2,1-2H3/t10-,11+/m0/s1. The van der Waals surface area contributed by atoms with E-state index in [1.54, 1.807) is 0 Å². The van der Waals surface area contributed by atoms with Gasteiger partial charge in [-0.1, -0.05) is 26.7 Å². The lowest BCUT2D eigenvalue weighted by Gasteiger charge is -2.28. The third-order valence-electron chi connectivity index (χ3n) is 3.05. The summed E-state index contributed by atoms with van der Waals surface area (Å²) in [6, 6.07) is 0. The minimum atomic E-state index is 0.00519. The summed E-state index contributed by atoms with van der Waals surface area (Å²) in [6.07, 6.45) is 7.62. The maximum absolute atomic E-state index is 11.4. The molecular formula is C12H22O2. The average molecular weight is 198 g/mol. The predicted octanol–water partition coefficient (Wildman–Crippen LogP) is 3.30. The van der Waals surface area contributed by atoms with E-state index < -0.39 is 0 Å². The van der Waals surface area contributed by atoms with Crippen molar-refractivity contribution in [2.45, 2.75) is 64.9 Å². The molecule has 82 valence electrons. The molecule has 0 aliphatic heterocycles. The van der Waals surface area contributed by atoms with Crippen LogP contribution in [0.1, 0.15) is 58.8 Å². The summed E-state index contributed by atoms with van der Waals surface area (Å²) in [7, 11) is 0. The van der Waals surface area contributed by atoms with E-state index in [9.17, 15) is 4.79 Å². The maximum atomic E-state index is 11.4. The SMILES string of the molecule is CCCCC(=O)O[C@@H]1CCCC[C@@H]1C. The quantitative estimate of drug-likeness (QED) is 0.648. The lowest BCUT2D eigenvalue weighted by molar-refractivity contribution is -0.153. The van der Waals surface area contributed by atoms with Crippen LogP contribution in [-0.2, 0) is 9.53 Å². The fourth-order valence-corrected chi connectivity index (χ4v) is 2.01. The molecule has 2 heteroatoms. The Balaban J connectivity index is 2.23. The van der Waals surface area contributed by atoms with Gasteiger partial charge in [0.2, 0.25) is 0 Å². The fourth-order valence-electron chi connectivity index (χ4n) is 2.01. The van der Waals surface area contributed by atoms with Gasteiger partial charge in [0.15, 0.2) is 0 Å². The average Bonchev–Trinajstić information content (AvgIpc) is 2.18. The number of esters is 1. The number of carbonyl (C=O) groups excluding carboxylic acids is 1. The van der Waals surface area contributed by atoms with Crippen LogP contribution in [0.4, 0.5) is 0 Å². The summed E-state index contributed by atoms with van der Waals surface area (Å²) in [5.74, 6) is 0.569. The van der Waals surface area contributed by atoms with Crippen molar-refractivity contribution < 1.29 is 9.53 Å². The minimum Gasteiger partial charge on any atom is -0.462 e. The molecule has 2 nitrogen and oxygen atoms in total. The van der Waals surface area contributed by atoms with Crippen molar-refractivity contribution in [1.82, 2.24) is 0 Å². The maximum Gasteiger partial charge on any atom is 0.306 e. The summed E-state index contributed by atoms with van der Waals surface area (Å²) in [4.78, 5) is 11.4. The van der Waals surface area contributed by atoms with Gasteiger partial charge in [-0.25, -0.2) is 0 Å². The van der Waals surface area contributed by atoms with Gasteiger partial charge in [0.1, 0.15) is 6.10 Å². The lowest BCUT2D eigenvalue weighted by atomic mass is 9.88. The molecule has 1 rings (SSSR count). The van der Waals surface area contributed by atoms with Crippen LogP contribution >= 0.6 is 0 Å². The van der Waals surface area contributed by atoms with Crippen molar-refractivity contribution in [3.63, 3.8) is 0 Å². The highest BCUT2D eigenvalue weighted by Crippen LogP contribution is 2.26. The zero-order valence-corrected chi connectivity index (χ0v) is 9.42. The zero-order valence-electron chi connectivity index (χ0n) is 9.42. The van der Waals surface area contributed by atoms with Gasteiger partial charge < -0.3 is 4.74 Å². The molecule has 1 fully saturated rings. The molecule has 0 aromatic rings. The first-order valence-corrected chi connectivity index (χ1v) is 5.93. The molecule has 0 heterocycles. The van der Waals surface area contributed by atoms with E-state index in [0.717, 1.165) is 19.3 Å². The van der Waals surface area contributed by atoms with Crippen molar-refractivity contribution in [3.05, 3.63) is 0 Å². The Morgan fingerprint density at radius 1 is 1.36 bits per heavy atom. The fraction of sp³-hybridized carbons (Fsp3) is 0.917. The summed E-state index contributed by atoms with van der Waals surface area (Å²) >= 11 is 0. The lowest BCUT2D eigenvalue weighted by Crippen LogP contribution is -2.28. The molecule has 0 bridgehead atoms. The normalized spacial score (nSPS) is 27.3. The van der Waals surface area contributed by atoms with Crippen LogP contribution in [0.2, 0.25) is 0 Å². The Hall–Kier alpha value is -0.530. The summed E-state index contributed by atoms with van der Waals surface area (Å²) in [5.41, 5.74) is 0. The Morgan fingerprint density at radius 3 is 2.71 bits per heavy atom. The van der Waals surface area contributed by atoms with Crippen molar-refractivity contribution >= 4 is 5.97 Å². The van der Waals surface area contributed by atoms with E-state index >= 15 is 0 Å². The molecule has 0 aromatic carbocycles. The highest BCUT2D eigenvalue weighted by atomic mass is 16.5. The molecule has 14 heavy (non-hydrogen) atoms. The Kier molecular flexibility index (Phi) is 4.99. The molecule has 0 N–H and O–H groups in total. The molecule has 2 atom stereocenters. The summed E-state index contributed by atoms with van der Waals surface area (Å²) < 4.78 is 5.47. The molecule has 0 radical (unpaired) electrons.